The lowest BCUT2D eigenvalue weighted by Crippen LogP contribution is -2.08. The van der Waals surface area contributed by atoms with Crippen LogP contribution in [0.5, 0.6) is 23.0 Å². The van der Waals surface area contributed by atoms with Gasteiger partial charge in [-0.1, -0.05) is 0 Å². The molecule has 6 nitrogen and oxygen atoms in total. The Labute approximate surface area is 108 Å². The molecule has 1 heterocycles. The van der Waals surface area contributed by atoms with Crippen LogP contribution in [0.1, 0.15) is 5.56 Å². The van der Waals surface area contributed by atoms with E-state index in [0.717, 1.165) is 0 Å². The summed E-state index contributed by atoms with van der Waals surface area (Å²) in [4.78, 5) is 13.9. The zero-order chi connectivity index (χ0) is 14.2. The van der Waals surface area contributed by atoms with Gasteiger partial charge in [0, 0.05) is 11.1 Å². The quantitative estimate of drug-likeness (QED) is 0.657. The smallest absolute Gasteiger partial charge is 0.294 e. The molecule has 0 spiro atoms. The fraction of sp³-hybridized carbons (Fsp3) is 0.154. The normalized spacial score (nSPS) is 10.4. The van der Waals surface area contributed by atoms with Gasteiger partial charge >= 0.3 is 0 Å². The van der Waals surface area contributed by atoms with E-state index in [1.165, 1.54) is 19.2 Å². The van der Waals surface area contributed by atoms with Gasteiger partial charge in [0.05, 0.1) is 12.8 Å². The summed E-state index contributed by atoms with van der Waals surface area (Å²) in [7, 11) is 1.41. The molecule has 0 aliphatic carbocycles. The van der Waals surface area contributed by atoms with Gasteiger partial charge in [-0.3, -0.25) is 4.79 Å². The monoisotopic (exact) mass is 263 g/mol. The first-order chi connectivity index (χ1) is 8.95. The molecule has 1 aromatic heterocycles. The number of pyridine rings is 1. The third kappa shape index (κ3) is 2.08. The first-order valence-corrected chi connectivity index (χ1v) is 5.48. The van der Waals surface area contributed by atoms with E-state index in [2.05, 4.69) is 4.98 Å². The van der Waals surface area contributed by atoms with E-state index in [0.29, 0.717) is 16.8 Å². The van der Waals surface area contributed by atoms with Gasteiger partial charge < -0.3 is 25.0 Å². The topological polar surface area (TPSA) is 103 Å². The van der Waals surface area contributed by atoms with Crippen molar-refractivity contribution < 1.29 is 20.1 Å². The van der Waals surface area contributed by atoms with Crippen molar-refractivity contribution in [1.82, 2.24) is 4.98 Å². The van der Waals surface area contributed by atoms with Crippen LogP contribution in [0.25, 0.3) is 11.3 Å². The highest BCUT2D eigenvalue weighted by Gasteiger charge is 2.15. The summed E-state index contributed by atoms with van der Waals surface area (Å²) in [5.74, 6) is -0.975. The molecular weight excluding hydrogens is 250 g/mol. The van der Waals surface area contributed by atoms with Gasteiger partial charge in [-0.05, 0) is 25.1 Å². The van der Waals surface area contributed by atoms with E-state index < -0.39 is 17.1 Å². The van der Waals surface area contributed by atoms with E-state index in [9.17, 15) is 20.1 Å². The fourth-order valence-electron chi connectivity index (χ4n) is 1.79. The van der Waals surface area contributed by atoms with Gasteiger partial charge in [0.15, 0.2) is 17.2 Å². The molecule has 0 saturated carbocycles. The summed E-state index contributed by atoms with van der Waals surface area (Å²) in [6, 6.07) is 4.49. The lowest BCUT2D eigenvalue weighted by molar-refractivity contribution is 0.373. The molecule has 0 radical (unpaired) electrons. The third-order valence-electron chi connectivity index (χ3n) is 2.88. The zero-order valence-corrected chi connectivity index (χ0v) is 10.4. The minimum Gasteiger partial charge on any atom is -0.504 e. The highest BCUT2D eigenvalue weighted by molar-refractivity contribution is 5.69. The zero-order valence-electron chi connectivity index (χ0n) is 10.4. The first kappa shape index (κ1) is 12.8. The van der Waals surface area contributed by atoms with Gasteiger partial charge in [-0.2, -0.15) is 0 Å². The minimum absolute atomic E-state index is 0.0331. The Morgan fingerprint density at radius 1 is 1.16 bits per heavy atom. The van der Waals surface area contributed by atoms with Crippen molar-refractivity contribution in [1.29, 1.82) is 0 Å². The number of hydrogen-bond donors (Lipinski definition) is 4. The predicted octanol–water partition coefficient (Wildman–Crippen LogP) is 1.48. The van der Waals surface area contributed by atoms with Gasteiger partial charge in [0.25, 0.3) is 5.56 Å². The molecule has 1 aromatic carbocycles. The molecular formula is C13H13NO5. The van der Waals surface area contributed by atoms with Gasteiger partial charge in [-0.25, -0.2) is 0 Å². The second-order valence-corrected chi connectivity index (χ2v) is 4.04. The number of aromatic nitrogens is 1. The molecule has 100 valence electrons. The second kappa shape index (κ2) is 4.56. The van der Waals surface area contributed by atoms with Crippen molar-refractivity contribution in [3.8, 4) is 34.3 Å². The number of phenolic OH excluding ortho intramolecular Hbond substituents is 1. The van der Waals surface area contributed by atoms with E-state index in [4.69, 9.17) is 4.74 Å². The lowest BCUT2D eigenvalue weighted by Gasteiger charge is -2.10. The van der Waals surface area contributed by atoms with Crippen LogP contribution in [0.2, 0.25) is 0 Å². The number of rotatable bonds is 2. The summed E-state index contributed by atoms with van der Waals surface area (Å²) in [5.41, 5.74) is 0.424. The summed E-state index contributed by atoms with van der Waals surface area (Å²) in [6.45, 7) is 1.56. The molecule has 0 aliphatic rings. The van der Waals surface area contributed by atoms with Crippen molar-refractivity contribution >= 4 is 0 Å². The van der Waals surface area contributed by atoms with E-state index >= 15 is 0 Å². The summed E-state index contributed by atoms with van der Waals surface area (Å²) in [6.07, 6.45) is 0. The molecule has 0 aliphatic heterocycles. The summed E-state index contributed by atoms with van der Waals surface area (Å²) >= 11 is 0. The largest absolute Gasteiger partial charge is 0.504 e. The van der Waals surface area contributed by atoms with Crippen molar-refractivity contribution in [2.24, 2.45) is 0 Å². The van der Waals surface area contributed by atoms with Crippen molar-refractivity contribution in [2.75, 3.05) is 7.11 Å². The first-order valence-electron chi connectivity index (χ1n) is 5.48. The average molecular weight is 263 g/mol. The highest BCUT2D eigenvalue weighted by atomic mass is 16.5. The van der Waals surface area contributed by atoms with Crippen molar-refractivity contribution in [2.45, 2.75) is 6.92 Å². The number of methoxy groups -OCH3 is 1. The Hall–Kier alpha value is -2.63. The molecule has 0 unspecified atom stereocenters. The number of benzene rings is 1. The van der Waals surface area contributed by atoms with Gasteiger partial charge in [0.1, 0.15) is 0 Å². The SMILES string of the molecule is COc1cc(-c2[nH]c(=O)c(O)c(O)c2C)ccc1O. The standard InChI is InChI=1S/C13H13NO5/c1-6-10(14-13(18)12(17)11(6)16)7-3-4-8(15)9(5-7)19-2/h3-5,15,17H,1-2H3,(H2,14,16,18). The molecule has 4 N–H and O–H groups in total. The molecule has 2 aromatic rings. The number of nitrogens with one attached hydrogen (secondary N) is 1. The summed E-state index contributed by atoms with van der Waals surface area (Å²) in [5, 5.41) is 28.5. The van der Waals surface area contributed by atoms with Crippen LogP contribution < -0.4 is 10.3 Å². The van der Waals surface area contributed by atoms with Crippen molar-refractivity contribution in [3.05, 3.63) is 34.1 Å². The predicted molar refractivity (Wildman–Crippen MR) is 68.8 cm³/mol. The second-order valence-electron chi connectivity index (χ2n) is 4.04. The molecule has 6 heteroatoms. The Bertz CT molecular complexity index is 690. The van der Waals surface area contributed by atoms with Crippen molar-refractivity contribution in [3.63, 3.8) is 0 Å². The van der Waals surface area contributed by atoms with Gasteiger partial charge in [-0.15, -0.1) is 0 Å². The van der Waals surface area contributed by atoms with Crippen LogP contribution >= 0.6 is 0 Å². The van der Waals surface area contributed by atoms with Crippen LogP contribution in [-0.4, -0.2) is 27.4 Å². The maximum atomic E-state index is 11.5. The van der Waals surface area contributed by atoms with Gasteiger partial charge in [0.2, 0.25) is 5.75 Å². The number of H-pyrrole nitrogens is 1. The number of aromatic amines is 1. The van der Waals surface area contributed by atoms with Crippen LogP contribution in [-0.2, 0) is 0 Å². The number of hydrogen-bond acceptors (Lipinski definition) is 5. The number of ether oxygens (including phenoxy) is 1. The van der Waals surface area contributed by atoms with Crippen LogP contribution in [0.4, 0.5) is 0 Å². The number of aromatic hydroxyl groups is 3. The molecule has 0 bridgehead atoms. The number of phenols is 1. The van der Waals surface area contributed by atoms with E-state index in [-0.39, 0.29) is 11.5 Å². The molecule has 2 rings (SSSR count). The minimum atomic E-state index is -0.787. The maximum absolute atomic E-state index is 11.5. The Morgan fingerprint density at radius 3 is 2.47 bits per heavy atom. The van der Waals surface area contributed by atoms with Crippen LogP contribution in [0.3, 0.4) is 0 Å². The lowest BCUT2D eigenvalue weighted by atomic mass is 10.1. The summed E-state index contributed by atoms with van der Waals surface area (Å²) < 4.78 is 4.98. The van der Waals surface area contributed by atoms with Crippen LogP contribution in [0, 0.1) is 6.92 Å². The molecule has 19 heavy (non-hydrogen) atoms. The third-order valence-corrected chi connectivity index (χ3v) is 2.88. The van der Waals surface area contributed by atoms with E-state index in [1.54, 1.807) is 13.0 Å². The Balaban J connectivity index is 2.69. The molecule has 0 atom stereocenters. The highest BCUT2D eigenvalue weighted by Crippen LogP contribution is 2.35. The fourth-order valence-corrected chi connectivity index (χ4v) is 1.79. The Morgan fingerprint density at radius 2 is 1.84 bits per heavy atom. The van der Waals surface area contributed by atoms with Crippen LogP contribution in [0.15, 0.2) is 23.0 Å². The maximum Gasteiger partial charge on any atom is 0.294 e. The Kier molecular flexibility index (Phi) is 3.08. The molecule has 0 saturated heterocycles. The van der Waals surface area contributed by atoms with E-state index in [1.807, 2.05) is 0 Å². The molecule has 0 fully saturated rings. The average Bonchev–Trinajstić information content (AvgIpc) is 2.41. The molecule has 0 amide bonds.